The van der Waals surface area contributed by atoms with Crippen molar-refractivity contribution in [2.24, 2.45) is 4.99 Å². The highest BCUT2D eigenvalue weighted by atomic mass is 16.5. The van der Waals surface area contributed by atoms with E-state index < -0.39 is 0 Å². The molecule has 1 aromatic heterocycles. The van der Waals surface area contributed by atoms with E-state index in [4.69, 9.17) is 14.7 Å². The van der Waals surface area contributed by atoms with E-state index in [0.717, 1.165) is 82.8 Å². The van der Waals surface area contributed by atoms with Crippen LogP contribution in [-0.2, 0) is 11.3 Å². The van der Waals surface area contributed by atoms with Crippen LogP contribution in [-0.4, -0.2) is 74.9 Å². The van der Waals surface area contributed by atoms with Crippen molar-refractivity contribution >= 4 is 11.8 Å². The molecule has 2 aliphatic heterocycles. The first-order valence-electron chi connectivity index (χ1n) is 11.4. The zero-order chi connectivity index (χ0) is 20.2. The minimum Gasteiger partial charge on any atom is -0.379 e. The summed E-state index contributed by atoms with van der Waals surface area (Å²) < 4.78 is 5.40. The topological polar surface area (TPSA) is 65.0 Å². The quantitative estimate of drug-likeness (QED) is 0.395. The lowest BCUT2D eigenvalue weighted by molar-refractivity contribution is 0.0376. The summed E-state index contributed by atoms with van der Waals surface area (Å²) in [7, 11) is 0. The van der Waals surface area contributed by atoms with Gasteiger partial charge in [-0.05, 0) is 44.4 Å². The van der Waals surface area contributed by atoms with Gasteiger partial charge in [0.25, 0.3) is 0 Å². The van der Waals surface area contributed by atoms with Gasteiger partial charge in [-0.25, -0.2) is 9.98 Å². The maximum atomic E-state index is 5.40. The fourth-order valence-electron chi connectivity index (χ4n) is 3.84. The SMILES string of the molecule is CCNC(=NCc1ccc(N2CCCCCC2)nc1)NCCCN1CCOCC1. The first kappa shape index (κ1) is 21.8. The number of hydrogen-bond donors (Lipinski definition) is 2. The number of aliphatic imine (C=N–C) groups is 1. The van der Waals surface area contributed by atoms with Crippen LogP contribution in [0.2, 0.25) is 0 Å². The first-order valence-corrected chi connectivity index (χ1v) is 11.4. The highest BCUT2D eigenvalue weighted by Crippen LogP contribution is 2.17. The third-order valence-corrected chi connectivity index (χ3v) is 5.55. The Morgan fingerprint density at radius 3 is 2.55 bits per heavy atom. The summed E-state index contributed by atoms with van der Waals surface area (Å²) in [6.07, 6.45) is 8.32. The Morgan fingerprint density at radius 2 is 1.86 bits per heavy atom. The highest BCUT2D eigenvalue weighted by Gasteiger charge is 2.11. The maximum Gasteiger partial charge on any atom is 0.191 e. The molecule has 1 aromatic rings. The molecule has 3 rings (SSSR count). The first-order chi connectivity index (χ1) is 14.3. The van der Waals surface area contributed by atoms with Crippen LogP contribution < -0.4 is 15.5 Å². The second kappa shape index (κ2) is 12.6. The van der Waals surface area contributed by atoms with Gasteiger partial charge in [-0.15, -0.1) is 0 Å². The van der Waals surface area contributed by atoms with Crippen LogP contribution in [0.3, 0.4) is 0 Å². The van der Waals surface area contributed by atoms with Crippen molar-refractivity contribution in [1.82, 2.24) is 20.5 Å². The molecule has 0 aromatic carbocycles. The number of anilines is 1. The number of ether oxygens (including phenoxy) is 1. The molecule has 0 radical (unpaired) electrons. The molecule has 0 amide bonds. The zero-order valence-electron chi connectivity index (χ0n) is 18.0. The number of pyridine rings is 1. The van der Waals surface area contributed by atoms with Gasteiger partial charge in [-0.3, -0.25) is 4.90 Å². The summed E-state index contributed by atoms with van der Waals surface area (Å²) in [5.41, 5.74) is 1.15. The van der Waals surface area contributed by atoms with Gasteiger partial charge in [0, 0.05) is 45.5 Å². The second-order valence-electron chi connectivity index (χ2n) is 7.86. The lowest BCUT2D eigenvalue weighted by atomic mass is 10.2. The van der Waals surface area contributed by atoms with Crippen LogP contribution in [0.5, 0.6) is 0 Å². The van der Waals surface area contributed by atoms with Crippen LogP contribution in [0.4, 0.5) is 5.82 Å². The van der Waals surface area contributed by atoms with Gasteiger partial charge in [-0.1, -0.05) is 18.9 Å². The van der Waals surface area contributed by atoms with E-state index in [2.05, 4.69) is 39.5 Å². The minimum atomic E-state index is 0.645. The lowest BCUT2D eigenvalue weighted by Gasteiger charge is -2.26. The predicted octanol–water partition coefficient (Wildman–Crippen LogP) is 2.24. The van der Waals surface area contributed by atoms with E-state index in [-0.39, 0.29) is 0 Å². The Balaban J connectivity index is 1.43. The number of rotatable bonds is 8. The lowest BCUT2D eigenvalue weighted by Crippen LogP contribution is -2.40. The maximum absolute atomic E-state index is 5.40. The third kappa shape index (κ3) is 7.82. The van der Waals surface area contributed by atoms with Gasteiger partial charge in [0.15, 0.2) is 5.96 Å². The standard InChI is InChI=1S/C22H38N6O/c1-2-23-22(24-10-7-11-27-14-16-29-17-15-27)26-19-20-8-9-21(25-18-20)28-12-5-3-4-6-13-28/h8-9,18H,2-7,10-17,19H2,1H3,(H2,23,24,26). The van der Waals surface area contributed by atoms with Crippen molar-refractivity contribution in [1.29, 1.82) is 0 Å². The molecule has 0 saturated carbocycles. The predicted molar refractivity (Wildman–Crippen MR) is 120 cm³/mol. The summed E-state index contributed by atoms with van der Waals surface area (Å²) >= 11 is 0. The van der Waals surface area contributed by atoms with Crippen molar-refractivity contribution in [3.05, 3.63) is 23.9 Å². The van der Waals surface area contributed by atoms with Crippen LogP contribution in [0.1, 0.15) is 44.6 Å². The van der Waals surface area contributed by atoms with E-state index in [1.54, 1.807) is 0 Å². The molecular weight excluding hydrogens is 364 g/mol. The Hall–Kier alpha value is -1.86. The van der Waals surface area contributed by atoms with Crippen molar-refractivity contribution in [3.8, 4) is 0 Å². The van der Waals surface area contributed by atoms with Crippen molar-refractivity contribution in [3.63, 3.8) is 0 Å². The van der Waals surface area contributed by atoms with Crippen LogP contribution in [0, 0.1) is 0 Å². The number of guanidine groups is 1. The molecule has 0 spiro atoms. The van der Waals surface area contributed by atoms with Gasteiger partial charge < -0.3 is 20.3 Å². The van der Waals surface area contributed by atoms with E-state index in [9.17, 15) is 0 Å². The van der Waals surface area contributed by atoms with E-state index in [1.807, 2.05) is 6.20 Å². The smallest absolute Gasteiger partial charge is 0.191 e. The van der Waals surface area contributed by atoms with Crippen molar-refractivity contribution < 1.29 is 4.74 Å². The molecule has 7 nitrogen and oxygen atoms in total. The molecule has 2 saturated heterocycles. The number of aromatic nitrogens is 1. The van der Waals surface area contributed by atoms with E-state index in [0.29, 0.717) is 6.54 Å². The molecule has 7 heteroatoms. The minimum absolute atomic E-state index is 0.645. The summed E-state index contributed by atoms with van der Waals surface area (Å²) in [5.74, 6) is 1.99. The average molecular weight is 403 g/mol. The molecule has 0 bridgehead atoms. The fourth-order valence-corrected chi connectivity index (χ4v) is 3.84. The van der Waals surface area contributed by atoms with Gasteiger partial charge in [-0.2, -0.15) is 0 Å². The monoisotopic (exact) mass is 402 g/mol. The summed E-state index contributed by atoms with van der Waals surface area (Å²) in [5, 5.41) is 6.79. The van der Waals surface area contributed by atoms with Gasteiger partial charge >= 0.3 is 0 Å². The second-order valence-corrected chi connectivity index (χ2v) is 7.86. The summed E-state index contributed by atoms with van der Waals surface area (Å²) in [6, 6.07) is 4.32. The van der Waals surface area contributed by atoms with Crippen LogP contribution in [0.15, 0.2) is 23.3 Å². The number of nitrogens with zero attached hydrogens (tertiary/aromatic N) is 4. The summed E-state index contributed by atoms with van der Waals surface area (Å²) in [6.45, 7) is 11.7. The van der Waals surface area contributed by atoms with Gasteiger partial charge in [0.05, 0.1) is 19.8 Å². The van der Waals surface area contributed by atoms with E-state index in [1.165, 1.54) is 25.7 Å². The summed E-state index contributed by atoms with van der Waals surface area (Å²) in [4.78, 5) is 14.3. The molecule has 2 N–H and O–H groups in total. The fraction of sp³-hybridized carbons (Fsp3) is 0.727. The van der Waals surface area contributed by atoms with Gasteiger partial charge in [0.1, 0.15) is 5.82 Å². The molecule has 29 heavy (non-hydrogen) atoms. The van der Waals surface area contributed by atoms with Crippen molar-refractivity contribution in [2.45, 2.75) is 45.6 Å². The molecule has 3 heterocycles. The van der Waals surface area contributed by atoms with Crippen LogP contribution in [0.25, 0.3) is 0 Å². The molecule has 0 unspecified atom stereocenters. The Morgan fingerprint density at radius 1 is 1.07 bits per heavy atom. The molecule has 162 valence electrons. The molecule has 2 aliphatic rings. The number of nitrogens with one attached hydrogen (secondary N) is 2. The van der Waals surface area contributed by atoms with Gasteiger partial charge in [0.2, 0.25) is 0 Å². The molecular formula is C22H38N6O. The van der Waals surface area contributed by atoms with Crippen LogP contribution >= 0.6 is 0 Å². The highest BCUT2D eigenvalue weighted by molar-refractivity contribution is 5.79. The van der Waals surface area contributed by atoms with Crippen molar-refractivity contribution in [2.75, 3.05) is 63.9 Å². The van der Waals surface area contributed by atoms with E-state index >= 15 is 0 Å². The molecule has 2 fully saturated rings. The molecule has 0 atom stereocenters. The largest absolute Gasteiger partial charge is 0.379 e. The zero-order valence-corrected chi connectivity index (χ0v) is 18.0. The Bertz CT molecular complexity index is 592. The third-order valence-electron chi connectivity index (χ3n) is 5.55. The molecule has 0 aliphatic carbocycles. The number of hydrogen-bond acceptors (Lipinski definition) is 5. The average Bonchev–Trinajstić information content (AvgIpc) is 3.06. The Labute approximate surface area is 175 Å². The normalized spacial score (nSPS) is 19.1. The Kier molecular flexibility index (Phi) is 9.53. The number of morpholine rings is 1.